The van der Waals surface area contributed by atoms with Gasteiger partial charge in [-0.05, 0) is 38.9 Å². The molecular formula is C95H98O21. The van der Waals surface area contributed by atoms with E-state index in [2.05, 4.69) is 0 Å². The van der Waals surface area contributed by atoms with Crippen molar-refractivity contribution in [2.24, 2.45) is 0 Å². The molecule has 0 amide bonds. The summed E-state index contributed by atoms with van der Waals surface area (Å²) in [5.41, 5.74) is 8.74. The fraction of sp³-hybridized carbons (Fsp3) is 0.368. The first-order valence-corrected chi connectivity index (χ1v) is 40.1. The maximum Gasteiger partial charge on any atom is 0.187 e. The molecule has 7 saturated heterocycles. The fourth-order valence-corrected chi connectivity index (χ4v) is 16.0. The minimum Gasteiger partial charge on any atom is -0.374 e. The van der Waals surface area contributed by atoms with Gasteiger partial charge in [0.2, 0.25) is 0 Å². The lowest BCUT2D eigenvalue weighted by atomic mass is 9.94. The molecule has 7 aliphatic rings. The van der Waals surface area contributed by atoms with Crippen molar-refractivity contribution in [3.63, 3.8) is 0 Å². The Bertz CT molecular complexity index is 4510. The first-order valence-electron chi connectivity index (χ1n) is 40.1. The largest absolute Gasteiger partial charge is 0.374 e. The summed E-state index contributed by atoms with van der Waals surface area (Å²) in [7, 11) is 1.57. The van der Waals surface area contributed by atoms with Gasteiger partial charge >= 0.3 is 0 Å². The Balaban J connectivity index is 0.795. The fourth-order valence-electron chi connectivity index (χ4n) is 16.0. The smallest absolute Gasteiger partial charge is 0.187 e. The molecule has 0 aliphatic carbocycles. The van der Waals surface area contributed by atoms with E-state index in [-0.39, 0.29) is 72.7 Å². The summed E-state index contributed by atoms with van der Waals surface area (Å²) in [5.74, 6) is 0. The molecule has 0 unspecified atom stereocenters. The molecule has 0 aromatic heterocycles. The van der Waals surface area contributed by atoms with Gasteiger partial charge in [0.15, 0.2) is 44.0 Å². The second-order valence-electron chi connectivity index (χ2n) is 29.8. The molecule has 10 aromatic rings. The summed E-state index contributed by atoms with van der Waals surface area (Å²) >= 11 is 0. The molecule has 7 fully saturated rings. The Morgan fingerprint density at radius 3 is 0.853 bits per heavy atom. The second-order valence-corrected chi connectivity index (χ2v) is 29.8. The Morgan fingerprint density at radius 1 is 0.241 bits per heavy atom. The molecule has 7 aliphatic heterocycles. The molecule has 0 N–H and O–H groups in total. The average molecular weight is 1580 g/mol. The maximum absolute atomic E-state index is 8.01. The highest BCUT2D eigenvalue weighted by Gasteiger charge is 2.61. The first kappa shape index (κ1) is 79.8. The van der Waals surface area contributed by atoms with E-state index in [9.17, 15) is 0 Å². The van der Waals surface area contributed by atoms with Crippen LogP contribution in [0.3, 0.4) is 0 Å². The predicted octanol–water partition coefficient (Wildman–Crippen LogP) is 14.8. The number of hydrogen-bond acceptors (Lipinski definition) is 21. The molecule has 21 heteroatoms. The zero-order valence-electron chi connectivity index (χ0n) is 64.5. The molecule has 0 radical (unpaired) electrons. The normalized spacial score (nSPS) is 31.1. The van der Waals surface area contributed by atoms with Crippen LogP contribution in [0.25, 0.3) is 0 Å². The Kier molecular flexibility index (Phi) is 27.3. The number of fused-ring (bicyclic) bond motifs is 3. The lowest BCUT2D eigenvalue weighted by Gasteiger charge is -2.54. The van der Waals surface area contributed by atoms with Crippen molar-refractivity contribution in [2.45, 2.75) is 188 Å². The van der Waals surface area contributed by atoms with Crippen molar-refractivity contribution in [3.8, 4) is 0 Å². The second kappa shape index (κ2) is 39.7. The molecular weight excluding hydrogens is 1480 g/mol. The molecule has 17 rings (SSSR count). The molecule has 604 valence electrons. The zero-order chi connectivity index (χ0) is 78.0. The van der Waals surface area contributed by atoms with E-state index >= 15 is 0 Å². The van der Waals surface area contributed by atoms with Gasteiger partial charge in [0.25, 0.3) is 0 Å². The summed E-state index contributed by atoms with van der Waals surface area (Å²) in [6, 6.07) is 99.1. The van der Waals surface area contributed by atoms with Crippen LogP contribution in [0.5, 0.6) is 0 Å². The summed E-state index contributed by atoms with van der Waals surface area (Å²) in [6.45, 7) is 1.29. The van der Waals surface area contributed by atoms with Crippen molar-refractivity contribution in [3.05, 3.63) is 359 Å². The SMILES string of the molecule is CO[C@H]1O[C@@H]2CO[C@@H](c3ccccc3)O[C@H]2[C@H](OCc2ccccc2)[C@@H]1O[C@H]1O[C@@H]2CO[C@@H](c3ccccc3)O[C@H]2[C@H](OCc2ccccc2)[C@@H]1O[C@H]1O[C@@H]2CO[C@@H](c3ccccc3)O[C@H]2[C@H](O[C@H]2O[C@H](COCc3ccccc3)[C@@H](OCc3ccccc3)[C@H](OCc3ccccc3)[C@H]2OCc2ccccc2)[C@@H]1OCc1ccccc1. The van der Waals surface area contributed by atoms with Gasteiger partial charge in [0.05, 0.1) is 72.7 Å². The van der Waals surface area contributed by atoms with Gasteiger partial charge in [-0.25, -0.2) is 0 Å². The summed E-state index contributed by atoms with van der Waals surface area (Å²) in [6.07, 6.45) is -23.3. The highest BCUT2D eigenvalue weighted by Crippen LogP contribution is 2.46. The highest BCUT2D eigenvalue weighted by molar-refractivity contribution is 5.24. The molecule has 0 spiro atoms. The first-order chi connectivity index (χ1) is 57.4. The average Bonchev–Trinajstić information content (AvgIpc) is 0.748. The van der Waals surface area contributed by atoms with Crippen LogP contribution in [0.4, 0.5) is 0 Å². The molecule has 10 aromatic carbocycles. The van der Waals surface area contributed by atoms with Gasteiger partial charge in [-0.1, -0.05) is 303 Å². The molecule has 23 atom stereocenters. The van der Waals surface area contributed by atoms with Gasteiger partial charge in [-0.15, -0.1) is 0 Å². The van der Waals surface area contributed by atoms with Crippen molar-refractivity contribution >= 4 is 0 Å². The van der Waals surface area contributed by atoms with Crippen LogP contribution in [0.2, 0.25) is 0 Å². The summed E-state index contributed by atoms with van der Waals surface area (Å²) in [4.78, 5) is 0. The van der Waals surface area contributed by atoms with Gasteiger partial charge in [0, 0.05) is 23.8 Å². The minimum absolute atomic E-state index is 0.00643. The van der Waals surface area contributed by atoms with Gasteiger partial charge in [-0.2, -0.15) is 0 Å². The van der Waals surface area contributed by atoms with E-state index in [1.54, 1.807) is 7.11 Å². The van der Waals surface area contributed by atoms with Crippen LogP contribution in [-0.4, -0.2) is 156 Å². The zero-order valence-corrected chi connectivity index (χ0v) is 64.5. The van der Waals surface area contributed by atoms with E-state index in [0.717, 1.165) is 55.6 Å². The third kappa shape index (κ3) is 19.9. The van der Waals surface area contributed by atoms with Crippen molar-refractivity contribution in [2.75, 3.05) is 33.5 Å². The minimum atomic E-state index is -1.43. The Morgan fingerprint density at radius 2 is 0.500 bits per heavy atom. The van der Waals surface area contributed by atoms with Crippen LogP contribution < -0.4 is 0 Å². The van der Waals surface area contributed by atoms with Crippen LogP contribution in [0.1, 0.15) is 74.5 Å². The van der Waals surface area contributed by atoms with Crippen LogP contribution in [-0.2, 0) is 146 Å². The third-order valence-corrected chi connectivity index (χ3v) is 21.9. The topological polar surface area (TPSA) is 194 Å². The lowest BCUT2D eigenvalue weighted by Crippen LogP contribution is -2.70. The van der Waals surface area contributed by atoms with Crippen molar-refractivity contribution in [1.29, 1.82) is 0 Å². The van der Waals surface area contributed by atoms with E-state index in [1.165, 1.54) is 0 Å². The highest BCUT2D eigenvalue weighted by atomic mass is 16.8. The van der Waals surface area contributed by atoms with Crippen LogP contribution >= 0.6 is 0 Å². The van der Waals surface area contributed by atoms with Crippen LogP contribution in [0.15, 0.2) is 303 Å². The molecule has 116 heavy (non-hydrogen) atoms. The van der Waals surface area contributed by atoms with Gasteiger partial charge in [-0.3, -0.25) is 0 Å². The van der Waals surface area contributed by atoms with Crippen molar-refractivity contribution < 1.29 is 99.5 Å². The van der Waals surface area contributed by atoms with Crippen LogP contribution in [0, 0.1) is 0 Å². The van der Waals surface area contributed by atoms with E-state index in [0.29, 0.717) is 0 Å². The Hall–Kier alpha value is -8.64. The molecule has 7 heterocycles. The van der Waals surface area contributed by atoms with E-state index in [4.69, 9.17) is 99.5 Å². The summed E-state index contributed by atoms with van der Waals surface area (Å²) in [5, 5.41) is 0. The monoisotopic (exact) mass is 1570 g/mol. The number of hydrogen-bond donors (Lipinski definition) is 0. The van der Waals surface area contributed by atoms with Gasteiger partial charge < -0.3 is 99.5 Å². The maximum atomic E-state index is 8.01. The van der Waals surface area contributed by atoms with Gasteiger partial charge in [0.1, 0.15) is 97.7 Å². The molecule has 0 bridgehead atoms. The lowest BCUT2D eigenvalue weighted by molar-refractivity contribution is -0.435. The number of benzene rings is 10. The number of rotatable bonds is 32. The quantitative estimate of drug-likeness (QED) is 0.0386. The van der Waals surface area contributed by atoms with E-state index in [1.807, 2.05) is 303 Å². The Labute approximate surface area is 676 Å². The number of ether oxygens (including phenoxy) is 21. The third-order valence-electron chi connectivity index (χ3n) is 21.9. The van der Waals surface area contributed by atoms with E-state index < -0.39 is 142 Å². The molecule has 21 nitrogen and oxygen atoms in total. The van der Waals surface area contributed by atoms with Crippen molar-refractivity contribution in [1.82, 2.24) is 0 Å². The predicted molar refractivity (Wildman–Crippen MR) is 423 cm³/mol. The summed E-state index contributed by atoms with van der Waals surface area (Å²) < 4.78 is 152. The number of methoxy groups -OCH3 is 1. The standard InChI is InChI=1S/C95H98O21/c1-96-92-87(82(100-55-66-38-18-5-19-39-66)78-74(107-92)60-104-89(111-78)70-46-26-9-27-47-70)115-95-88(83(101-56-67-40-20-6-21-41-67)79-75(110-95)61-105-90(112-79)71-48-28-10-29-49-71)116-94-86(103-58-69-44-24-8-25-45-69)84(80-76(109-94)62-106-91(113-80)72-50-30-11-31-51-72)114-93-85(102-57-68-42-22-7-23-43-68)81(99-54-65-36-16-4-17-37-65)77(98-53-64-34-14-3-15-35-64)73(108-93)59-97-52-63-32-12-2-13-33-63/h2-51,73-95H,52-62H2,1H3/t73-,74-,75-,76-,77-,78-,79-,80-,81+,82+,83+,84+,85-,86+,87+,88+,89-,90-,91-,92+,93-,94-,95-/m1/s1. The molecule has 0 saturated carbocycles.